The Morgan fingerprint density at radius 3 is 1.65 bits per heavy atom. The minimum absolute atomic E-state index is 0.00541. The zero-order valence-electron chi connectivity index (χ0n) is 26.5. The van der Waals surface area contributed by atoms with Gasteiger partial charge < -0.3 is 28.5 Å². The summed E-state index contributed by atoms with van der Waals surface area (Å²) in [7, 11) is -2.24. The fourth-order valence-electron chi connectivity index (χ4n) is 5.10. The van der Waals surface area contributed by atoms with E-state index >= 15 is 0 Å². The van der Waals surface area contributed by atoms with Gasteiger partial charge in [-0.15, -0.1) is 0 Å². The van der Waals surface area contributed by atoms with Crippen molar-refractivity contribution in [1.29, 1.82) is 0 Å². The first-order chi connectivity index (χ1) is 20.7. The monoisotopic (exact) mass is 606 g/mol. The summed E-state index contributed by atoms with van der Waals surface area (Å²) in [5.74, 6) is 0. The summed E-state index contributed by atoms with van der Waals surface area (Å²) in [6.07, 6.45) is -0.578. The first kappa shape index (κ1) is 33.5. The first-order valence-corrected chi connectivity index (χ1v) is 18.5. The van der Waals surface area contributed by atoms with Gasteiger partial charge in [-0.1, -0.05) is 112 Å². The fraction of sp³-hybridized carbons (Fsp3) is 0.500. The second kappa shape index (κ2) is 16.1. The maximum absolute atomic E-state index is 9.79. The summed E-state index contributed by atoms with van der Waals surface area (Å²) in [5, 5.41) is 9.78. The third-order valence-electron chi connectivity index (χ3n) is 8.58. The van der Waals surface area contributed by atoms with E-state index in [9.17, 15) is 5.11 Å². The van der Waals surface area contributed by atoms with Crippen molar-refractivity contribution in [2.75, 3.05) is 13.2 Å². The van der Waals surface area contributed by atoms with E-state index in [-0.39, 0.29) is 30.0 Å². The van der Waals surface area contributed by atoms with Crippen molar-refractivity contribution in [1.82, 2.24) is 0 Å². The molecule has 1 aliphatic heterocycles. The lowest BCUT2D eigenvalue weighted by Gasteiger charge is -2.50. The van der Waals surface area contributed by atoms with Gasteiger partial charge in [-0.3, -0.25) is 0 Å². The molecule has 234 valence electrons. The van der Waals surface area contributed by atoms with E-state index in [0.717, 1.165) is 16.7 Å². The van der Waals surface area contributed by atoms with E-state index in [0.29, 0.717) is 39.3 Å². The first-order valence-electron chi connectivity index (χ1n) is 15.5. The Morgan fingerprint density at radius 2 is 1.16 bits per heavy atom. The predicted octanol–water partition coefficient (Wildman–Crippen LogP) is 7.30. The van der Waals surface area contributed by atoms with E-state index in [1.54, 1.807) is 0 Å². The van der Waals surface area contributed by atoms with Crippen molar-refractivity contribution in [3.63, 3.8) is 0 Å². The Hall–Kier alpha value is -2.36. The summed E-state index contributed by atoms with van der Waals surface area (Å²) >= 11 is 0. The van der Waals surface area contributed by atoms with Crippen LogP contribution in [0.4, 0.5) is 0 Å². The molecule has 0 unspecified atom stereocenters. The van der Waals surface area contributed by atoms with E-state index in [2.05, 4.69) is 70.3 Å². The number of aliphatic hydroxyl groups is 1. The molecule has 0 amide bonds. The molecule has 3 aromatic rings. The standard InChI is InChI=1S/C36H50O6Si/c1-36(2,3)43(4,5)42-34-31(22-15-23-37)41-32(27-38-24-28-16-9-6-10-17-28)33(39-25-29-18-11-7-12-19-29)35(34)40-26-30-20-13-8-14-21-30/h6-14,16-21,31-35,37H,15,22-27H2,1-5H3/t31-,32-,33-,34+,35+/m1/s1. The quantitative estimate of drug-likeness (QED) is 0.183. The molecule has 0 aromatic heterocycles. The molecule has 43 heavy (non-hydrogen) atoms. The number of ether oxygens (including phenoxy) is 4. The van der Waals surface area contributed by atoms with Gasteiger partial charge in [0.15, 0.2) is 8.32 Å². The van der Waals surface area contributed by atoms with Gasteiger partial charge in [0.2, 0.25) is 0 Å². The van der Waals surface area contributed by atoms with Gasteiger partial charge in [0.05, 0.1) is 32.5 Å². The van der Waals surface area contributed by atoms with Crippen LogP contribution in [-0.4, -0.2) is 57.2 Å². The van der Waals surface area contributed by atoms with Crippen LogP contribution in [0.3, 0.4) is 0 Å². The third-order valence-corrected chi connectivity index (χ3v) is 13.1. The topological polar surface area (TPSA) is 66.4 Å². The zero-order valence-corrected chi connectivity index (χ0v) is 27.5. The van der Waals surface area contributed by atoms with Gasteiger partial charge in [0, 0.05) is 6.61 Å². The summed E-state index contributed by atoms with van der Waals surface area (Å²) in [6, 6.07) is 30.6. The normalized spacial score (nSPS) is 22.9. The number of hydrogen-bond donors (Lipinski definition) is 1. The van der Waals surface area contributed by atoms with Gasteiger partial charge in [-0.25, -0.2) is 0 Å². The van der Waals surface area contributed by atoms with Crippen molar-refractivity contribution in [2.24, 2.45) is 0 Å². The van der Waals surface area contributed by atoms with Crippen LogP contribution in [0.5, 0.6) is 0 Å². The van der Waals surface area contributed by atoms with Crippen LogP contribution < -0.4 is 0 Å². The van der Waals surface area contributed by atoms with E-state index in [1.807, 2.05) is 54.6 Å². The molecule has 0 bridgehead atoms. The minimum Gasteiger partial charge on any atom is -0.409 e. The Morgan fingerprint density at radius 1 is 0.674 bits per heavy atom. The molecule has 4 rings (SSSR count). The van der Waals surface area contributed by atoms with Crippen LogP contribution in [0, 0.1) is 0 Å². The van der Waals surface area contributed by atoms with Crippen molar-refractivity contribution >= 4 is 8.32 Å². The SMILES string of the molecule is CC(C)(C)[Si](C)(C)O[C@@H]1[C@@H](OCc2ccccc2)[C@H](OCc2ccccc2)[C@@H](COCc2ccccc2)O[C@@H]1CCCO. The molecule has 5 atom stereocenters. The van der Waals surface area contributed by atoms with Gasteiger partial charge in [0.1, 0.15) is 24.4 Å². The lowest BCUT2D eigenvalue weighted by atomic mass is 9.92. The second-order valence-corrected chi connectivity index (χ2v) is 17.7. The Balaban J connectivity index is 1.66. The lowest BCUT2D eigenvalue weighted by Crippen LogP contribution is -2.63. The fourth-order valence-corrected chi connectivity index (χ4v) is 6.42. The molecule has 1 fully saturated rings. The number of hydrogen-bond acceptors (Lipinski definition) is 6. The summed E-state index contributed by atoms with van der Waals surface area (Å²) in [4.78, 5) is 0. The Kier molecular flexibility index (Phi) is 12.5. The largest absolute Gasteiger partial charge is 0.409 e. The maximum atomic E-state index is 9.79. The van der Waals surface area contributed by atoms with Gasteiger partial charge >= 0.3 is 0 Å². The number of rotatable bonds is 15. The molecular weight excluding hydrogens is 556 g/mol. The molecule has 1 N–H and O–H groups in total. The van der Waals surface area contributed by atoms with Crippen molar-refractivity contribution in [3.05, 3.63) is 108 Å². The molecule has 1 heterocycles. The molecule has 1 aliphatic rings. The number of benzene rings is 3. The summed E-state index contributed by atoms with van der Waals surface area (Å²) < 4.78 is 33.8. The maximum Gasteiger partial charge on any atom is 0.192 e. The van der Waals surface area contributed by atoms with E-state index in [1.165, 1.54) is 0 Å². The van der Waals surface area contributed by atoms with Gasteiger partial charge in [0.25, 0.3) is 0 Å². The molecule has 1 saturated heterocycles. The van der Waals surface area contributed by atoms with Gasteiger partial charge in [-0.2, -0.15) is 0 Å². The van der Waals surface area contributed by atoms with Crippen molar-refractivity contribution < 1.29 is 28.5 Å². The number of aliphatic hydroxyl groups excluding tert-OH is 1. The Labute approximate surface area is 259 Å². The van der Waals surface area contributed by atoms with Gasteiger partial charge in [-0.05, 0) is 47.7 Å². The van der Waals surface area contributed by atoms with E-state index < -0.39 is 20.5 Å². The molecule has 7 heteroatoms. The highest BCUT2D eigenvalue weighted by molar-refractivity contribution is 6.74. The van der Waals surface area contributed by atoms with Crippen LogP contribution in [-0.2, 0) is 43.2 Å². The molecule has 0 aliphatic carbocycles. The molecule has 6 nitrogen and oxygen atoms in total. The minimum atomic E-state index is -2.24. The average molecular weight is 607 g/mol. The van der Waals surface area contributed by atoms with Crippen LogP contribution in [0.25, 0.3) is 0 Å². The predicted molar refractivity (Wildman–Crippen MR) is 173 cm³/mol. The highest BCUT2D eigenvalue weighted by atomic mass is 28.4. The molecule has 0 saturated carbocycles. The second-order valence-electron chi connectivity index (χ2n) is 12.9. The van der Waals surface area contributed by atoms with Crippen LogP contribution in [0.1, 0.15) is 50.3 Å². The van der Waals surface area contributed by atoms with Crippen LogP contribution >= 0.6 is 0 Å². The summed E-state index contributed by atoms with van der Waals surface area (Å²) in [6.45, 7) is 13.0. The van der Waals surface area contributed by atoms with Crippen LogP contribution in [0.15, 0.2) is 91.0 Å². The molecule has 3 aromatic carbocycles. The highest BCUT2D eigenvalue weighted by Gasteiger charge is 2.51. The molecule has 0 spiro atoms. The van der Waals surface area contributed by atoms with Crippen molar-refractivity contribution in [3.8, 4) is 0 Å². The highest BCUT2D eigenvalue weighted by Crippen LogP contribution is 2.41. The lowest BCUT2D eigenvalue weighted by molar-refractivity contribution is -0.259. The van der Waals surface area contributed by atoms with E-state index in [4.69, 9.17) is 23.4 Å². The third kappa shape index (κ3) is 9.81. The zero-order chi connectivity index (χ0) is 30.7. The smallest absolute Gasteiger partial charge is 0.192 e. The molecular formula is C36H50O6Si. The molecule has 0 radical (unpaired) electrons. The Bertz CT molecular complexity index is 1180. The van der Waals surface area contributed by atoms with Crippen molar-refractivity contribution in [2.45, 2.75) is 102 Å². The summed E-state index contributed by atoms with van der Waals surface area (Å²) in [5.41, 5.74) is 3.27. The van der Waals surface area contributed by atoms with Crippen LogP contribution in [0.2, 0.25) is 18.1 Å². The average Bonchev–Trinajstić information content (AvgIpc) is 3.00.